The third kappa shape index (κ3) is 5.83. The fourth-order valence-electron chi connectivity index (χ4n) is 2.34. The number of hydrogen-bond donors (Lipinski definition) is 2. The molecule has 0 fully saturated rings. The predicted molar refractivity (Wildman–Crippen MR) is 104 cm³/mol. The molecule has 2 aromatic carbocycles. The number of rotatable bonds is 8. The zero-order chi connectivity index (χ0) is 21.6. The Morgan fingerprint density at radius 1 is 1.14 bits per heavy atom. The SMILES string of the molecule is CCNS(=O)(=O)c1ccc(C(=O)OCC(=O)Nc2ccc(C)cc2[N+](=O)[O-])cc1. The summed E-state index contributed by atoms with van der Waals surface area (Å²) in [5, 5.41) is 13.4. The Balaban J connectivity index is 1.99. The summed E-state index contributed by atoms with van der Waals surface area (Å²) < 4.78 is 30.9. The molecule has 11 heteroatoms. The van der Waals surface area contributed by atoms with E-state index in [1.54, 1.807) is 19.9 Å². The largest absolute Gasteiger partial charge is 0.452 e. The molecule has 0 unspecified atom stereocenters. The number of hydrogen-bond acceptors (Lipinski definition) is 7. The number of anilines is 1. The second kappa shape index (κ2) is 9.26. The molecule has 2 aromatic rings. The van der Waals surface area contributed by atoms with Crippen molar-refractivity contribution < 1.29 is 27.7 Å². The van der Waals surface area contributed by atoms with Gasteiger partial charge < -0.3 is 10.1 Å². The van der Waals surface area contributed by atoms with Crippen LogP contribution in [0.4, 0.5) is 11.4 Å². The van der Waals surface area contributed by atoms with Crippen molar-refractivity contribution in [2.24, 2.45) is 0 Å². The van der Waals surface area contributed by atoms with Gasteiger partial charge in [0, 0.05) is 12.6 Å². The Bertz CT molecular complexity index is 1030. The number of nitrogens with one attached hydrogen (secondary N) is 2. The summed E-state index contributed by atoms with van der Waals surface area (Å²) in [5.41, 5.74) is 0.414. The van der Waals surface area contributed by atoms with Crippen LogP contribution in [-0.4, -0.2) is 38.4 Å². The van der Waals surface area contributed by atoms with Crippen molar-refractivity contribution in [1.29, 1.82) is 0 Å². The molecule has 10 nitrogen and oxygen atoms in total. The van der Waals surface area contributed by atoms with Gasteiger partial charge in [0.25, 0.3) is 11.6 Å². The third-order valence-electron chi connectivity index (χ3n) is 3.69. The van der Waals surface area contributed by atoms with Crippen LogP contribution < -0.4 is 10.0 Å². The molecular formula is C18H19N3O7S. The van der Waals surface area contributed by atoms with Gasteiger partial charge in [0.15, 0.2) is 6.61 Å². The molecular weight excluding hydrogens is 402 g/mol. The van der Waals surface area contributed by atoms with Crippen molar-refractivity contribution >= 4 is 33.3 Å². The van der Waals surface area contributed by atoms with Crippen LogP contribution in [-0.2, 0) is 19.6 Å². The molecule has 0 aliphatic heterocycles. The first kappa shape index (κ1) is 22.0. The van der Waals surface area contributed by atoms with Crippen molar-refractivity contribution in [2.45, 2.75) is 18.7 Å². The number of nitro groups is 1. The number of ether oxygens (including phenoxy) is 1. The molecule has 0 atom stereocenters. The standard InChI is InChI=1S/C18H19N3O7S/c1-3-19-29(26,27)14-7-5-13(6-8-14)18(23)28-11-17(22)20-15-9-4-12(2)10-16(15)21(24)25/h4-10,19H,3,11H2,1-2H3,(H,20,22). The number of nitro benzene ring substituents is 1. The van der Waals surface area contributed by atoms with Gasteiger partial charge in [-0.3, -0.25) is 14.9 Å². The minimum absolute atomic E-state index is 0.0136. The summed E-state index contributed by atoms with van der Waals surface area (Å²) in [5.74, 6) is -1.59. The number of carbonyl (C=O) groups excluding carboxylic acids is 2. The van der Waals surface area contributed by atoms with E-state index in [0.717, 1.165) is 0 Å². The maximum atomic E-state index is 12.0. The molecule has 0 spiro atoms. The molecule has 0 bridgehead atoms. The van der Waals surface area contributed by atoms with Crippen LogP contribution in [0, 0.1) is 17.0 Å². The van der Waals surface area contributed by atoms with Gasteiger partial charge in [-0.05, 0) is 42.8 Å². The maximum absolute atomic E-state index is 12.0. The summed E-state index contributed by atoms with van der Waals surface area (Å²) in [6.45, 7) is 2.87. The predicted octanol–water partition coefficient (Wildman–Crippen LogP) is 2.00. The monoisotopic (exact) mass is 421 g/mol. The minimum Gasteiger partial charge on any atom is -0.452 e. The lowest BCUT2D eigenvalue weighted by molar-refractivity contribution is -0.384. The van der Waals surface area contributed by atoms with Gasteiger partial charge in [0.2, 0.25) is 10.0 Å². The molecule has 0 aliphatic rings. The normalized spacial score (nSPS) is 11.0. The average Bonchev–Trinajstić information content (AvgIpc) is 2.67. The summed E-state index contributed by atoms with van der Waals surface area (Å²) in [6.07, 6.45) is 0. The highest BCUT2D eigenvalue weighted by Crippen LogP contribution is 2.25. The molecule has 0 radical (unpaired) electrons. The Morgan fingerprint density at radius 3 is 2.38 bits per heavy atom. The molecule has 0 saturated carbocycles. The van der Waals surface area contributed by atoms with Crippen molar-refractivity contribution in [2.75, 3.05) is 18.5 Å². The first-order valence-electron chi connectivity index (χ1n) is 8.45. The number of nitrogens with zero attached hydrogens (tertiary/aromatic N) is 1. The quantitative estimate of drug-likeness (QED) is 0.377. The van der Waals surface area contributed by atoms with Gasteiger partial charge in [-0.25, -0.2) is 17.9 Å². The number of benzene rings is 2. The number of aryl methyl sites for hydroxylation is 1. The van der Waals surface area contributed by atoms with Crippen LogP contribution in [0.15, 0.2) is 47.4 Å². The summed E-state index contributed by atoms with van der Waals surface area (Å²) in [4.78, 5) is 34.4. The van der Waals surface area contributed by atoms with Crippen molar-refractivity contribution in [3.05, 3.63) is 63.7 Å². The van der Waals surface area contributed by atoms with Crippen molar-refractivity contribution in [3.8, 4) is 0 Å². The van der Waals surface area contributed by atoms with Crippen molar-refractivity contribution in [1.82, 2.24) is 4.72 Å². The number of sulfonamides is 1. The van der Waals surface area contributed by atoms with Gasteiger partial charge in [0.1, 0.15) is 5.69 Å². The van der Waals surface area contributed by atoms with Gasteiger partial charge in [0.05, 0.1) is 15.4 Å². The van der Waals surface area contributed by atoms with Crippen LogP contribution in [0.2, 0.25) is 0 Å². The lowest BCUT2D eigenvalue weighted by atomic mass is 10.2. The molecule has 29 heavy (non-hydrogen) atoms. The van der Waals surface area contributed by atoms with Crippen LogP contribution in [0.3, 0.4) is 0 Å². The number of esters is 1. The molecule has 0 aliphatic carbocycles. The summed E-state index contributed by atoms with van der Waals surface area (Å²) >= 11 is 0. The average molecular weight is 421 g/mol. The first-order chi connectivity index (χ1) is 13.6. The zero-order valence-electron chi connectivity index (χ0n) is 15.7. The fraction of sp³-hybridized carbons (Fsp3) is 0.222. The van der Waals surface area contributed by atoms with E-state index in [-0.39, 0.29) is 28.4 Å². The van der Waals surface area contributed by atoms with Crippen molar-refractivity contribution in [3.63, 3.8) is 0 Å². The number of carbonyl (C=O) groups is 2. The Labute approximate surface area is 167 Å². The fourth-order valence-corrected chi connectivity index (χ4v) is 3.38. The van der Waals surface area contributed by atoms with Gasteiger partial charge in [-0.2, -0.15) is 0 Å². The van der Waals surface area contributed by atoms with E-state index in [1.165, 1.54) is 36.4 Å². The van der Waals surface area contributed by atoms with E-state index < -0.39 is 33.4 Å². The smallest absolute Gasteiger partial charge is 0.338 e. The topological polar surface area (TPSA) is 145 Å². The molecule has 0 aromatic heterocycles. The van der Waals surface area contributed by atoms with E-state index >= 15 is 0 Å². The summed E-state index contributed by atoms with van der Waals surface area (Å²) in [6, 6.07) is 9.29. The number of amides is 1. The van der Waals surface area contributed by atoms with Crippen LogP contribution in [0.1, 0.15) is 22.8 Å². The van der Waals surface area contributed by atoms with E-state index in [2.05, 4.69) is 10.0 Å². The van der Waals surface area contributed by atoms with E-state index in [0.29, 0.717) is 5.56 Å². The zero-order valence-corrected chi connectivity index (χ0v) is 16.5. The highest BCUT2D eigenvalue weighted by molar-refractivity contribution is 7.89. The van der Waals surface area contributed by atoms with Gasteiger partial charge in [-0.1, -0.05) is 13.0 Å². The van der Waals surface area contributed by atoms with Crippen LogP contribution in [0.5, 0.6) is 0 Å². The van der Waals surface area contributed by atoms with E-state index in [1.807, 2.05) is 0 Å². The molecule has 1 amide bonds. The molecule has 154 valence electrons. The highest BCUT2D eigenvalue weighted by Gasteiger charge is 2.18. The second-order valence-corrected chi connectivity index (χ2v) is 7.69. The van der Waals surface area contributed by atoms with Crippen LogP contribution >= 0.6 is 0 Å². The van der Waals surface area contributed by atoms with Gasteiger partial charge in [-0.15, -0.1) is 0 Å². The molecule has 2 rings (SSSR count). The van der Waals surface area contributed by atoms with E-state index in [4.69, 9.17) is 4.74 Å². The Hall–Kier alpha value is -3.31. The van der Waals surface area contributed by atoms with Gasteiger partial charge >= 0.3 is 5.97 Å². The minimum atomic E-state index is -3.65. The maximum Gasteiger partial charge on any atom is 0.338 e. The third-order valence-corrected chi connectivity index (χ3v) is 5.25. The lowest BCUT2D eigenvalue weighted by Gasteiger charge is -2.08. The summed E-state index contributed by atoms with van der Waals surface area (Å²) in [7, 11) is -3.65. The van der Waals surface area contributed by atoms with E-state index in [9.17, 15) is 28.1 Å². The first-order valence-corrected chi connectivity index (χ1v) is 9.94. The van der Waals surface area contributed by atoms with Crippen LogP contribution in [0.25, 0.3) is 0 Å². The lowest BCUT2D eigenvalue weighted by Crippen LogP contribution is -2.23. The molecule has 2 N–H and O–H groups in total. The Morgan fingerprint density at radius 2 is 1.79 bits per heavy atom. The highest BCUT2D eigenvalue weighted by atomic mass is 32.2. The molecule has 0 heterocycles. The Kier molecular flexibility index (Phi) is 7.02. The molecule has 0 saturated heterocycles. The second-order valence-electron chi connectivity index (χ2n) is 5.93.